The molecule has 0 aliphatic heterocycles. The Bertz CT molecular complexity index is 395. The molecule has 0 amide bonds. The van der Waals surface area contributed by atoms with Crippen LogP contribution >= 0.6 is 0 Å². The molecule has 0 aliphatic carbocycles. The second kappa shape index (κ2) is 3.87. The summed E-state index contributed by atoms with van der Waals surface area (Å²) >= 11 is 0. The summed E-state index contributed by atoms with van der Waals surface area (Å²) in [6.45, 7) is 2.54. The maximum Gasteiger partial charge on any atom is 0.223 e. The van der Waals surface area contributed by atoms with Crippen LogP contribution < -0.4 is 5.32 Å². The van der Waals surface area contributed by atoms with Gasteiger partial charge in [0.15, 0.2) is 0 Å². The van der Waals surface area contributed by atoms with Gasteiger partial charge in [0.05, 0.1) is 6.54 Å². The molecule has 0 saturated carbocycles. The molecule has 0 bridgehead atoms. The van der Waals surface area contributed by atoms with Crippen molar-refractivity contribution in [1.29, 1.82) is 0 Å². The number of hydrogen-bond acceptors (Lipinski definition) is 4. The minimum Gasteiger partial charge on any atom is -0.347 e. The Balaban J connectivity index is 1.98. The second-order valence-electron chi connectivity index (χ2n) is 2.91. The van der Waals surface area contributed by atoms with Gasteiger partial charge in [-0.1, -0.05) is 0 Å². The zero-order chi connectivity index (χ0) is 9.80. The molecule has 0 unspecified atom stereocenters. The van der Waals surface area contributed by atoms with Crippen LogP contribution in [0.3, 0.4) is 0 Å². The number of aryl methyl sites for hydroxylation is 1. The number of aromatic amines is 1. The van der Waals surface area contributed by atoms with Crippen molar-refractivity contribution in [1.82, 2.24) is 19.9 Å². The predicted octanol–water partition coefficient (Wildman–Crippen LogP) is 1.12. The van der Waals surface area contributed by atoms with Crippen LogP contribution in [0.25, 0.3) is 0 Å². The number of nitrogens with zero attached hydrogens (tertiary/aromatic N) is 3. The third kappa shape index (κ3) is 2.07. The first-order valence-electron chi connectivity index (χ1n) is 4.36. The molecule has 14 heavy (non-hydrogen) atoms. The number of aromatic nitrogens is 4. The van der Waals surface area contributed by atoms with Gasteiger partial charge in [-0.15, -0.1) is 0 Å². The van der Waals surface area contributed by atoms with E-state index < -0.39 is 0 Å². The van der Waals surface area contributed by atoms with Gasteiger partial charge < -0.3 is 10.3 Å². The highest BCUT2D eigenvalue weighted by Gasteiger charge is 1.97. The Morgan fingerprint density at radius 1 is 1.36 bits per heavy atom. The first-order valence-corrected chi connectivity index (χ1v) is 4.36. The Kier molecular flexibility index (Phi) is 2.40. The van der Waals surface area contributed by atoms with Crippen molar-refractivity contribution in [3.05, 3.63) is 36.2 Å². The molecule has 0 fully saturated rings. The minimum atomic E-state index is 0.608. The standard InChI is InChI=1S/C9H11N5/c1-7-2-3-12-9(14-7)13-6-8-10-4-5-11-8/h2-5H,6H2,1H3,(H,10,11)(H,12,13,14). The van der Waals surface area contributed by atoms with E-state index in [4.69, 9.17) is 0 Å². The topological polar surface area (TPSA) is 66.5 Å². The molecule has 0 radical (unpaired) electrons. The lowest BCUT2D eigenvalue weighted by molar-refractivity contribution is 0.960. The number of hydrogen-bond donors (Lipinski definition) is 2. The van der Waals surface area contributed by atoms with Crippen LogP contribution in [0.2, 0.25) is 0 Å². The Hall–Kier alpha value is -1.91. The fraction of sp³-hybridized carbons (Fsp3) is 0.222. The molecular formula is C9H11N5. The maximum atomic E-state index is 4.21. The van der Waals surface area contributed by atoms with Gasteiger partial charge in [-0.2, -0.15) is 0 Å². The van der Waals surface area contributed by atoms with Crippen LogP contribution in [0.1, 0.15) is 11.5 Å². The monoisotopic (exact) mass is 189 g/mol. The van der Waals surface area contributed by atoms with E-state index >= 15 is 0 Å². The van der Waals surface area contributed by atoms with Crippen LogP contribution in [0.5, 0.6) is 0 Å². The Morgan fingerprint density at radius 3 is 3.00 bits per heavy atom. The van der Waals surface area contributed by atoms with E-state index in [0.717, 1.165) is 11.5 Å². The van der Waals surface area contributed by atoms with Gasteiger partial charge in [0.2, 0.25) is 5.95 Å². The highest BCUT2D eigenvalue weighted by Crippen LogP contribution is 2.00. The Labute approximate surface area is 81.6 Å². The van der Waals surface area contributed by atoms with Gasteiger partial charge in [-0.3, -0.25) is 0 Å². The summed E-state index contributed by atoms with van der Waals surface area (Å²) in [5.41, 5.74) is 0.946. The fourth-order valence-electron chi connectivity index (χ4n) is 1.09. The summed E-state index contributed by atoms with van der Waals surface area (Å²) in [6.07, 6.45) is 5.23. The van der Waals surface area contributed by atoms with E-state index in [2.05, 4.69) is 25.3 Å². The van der Waals surface area contributed by atoms with Crippen molar-refractivity contribution in [2.24, 2.45) is 0 Å². The van der Waals surface area contributed by atoms with E-state index in [-0.39, 0.29) is 0 Å². The zero-order valence-corrected chi connectivity index (χ0v) is 7.86. The molecule has 2 aromatic heterocycles. The molecule has 2 N–H and O–H groups in total. The minimum absolute atomic E-state index is 0.608. The summed E-state index contributed by atoms with van der Waals surface area (Å²) in [5.74, 6) is 1.50. The number of anilines is 1. The first-order chi connectivity index (χ1) is 6.84. The maximum absolute atomic E-state index is 4.21. The van der Waals surface area contributed by atoms with Crippen molar-refractivity contribution in [3.63, 3.8) is 0 Å². The van der Waals surface area contributed by atoms with Crippen molar-refractivity contribution >= 4 is 5.95 Å². The van der Waals surface area contributed by atoms with Crippen LogP contribution in [0.4, 0.5) is 5.95 Å². The summed E-state index contributed by atoms with van der Waals surface area (Å²) in [7, 11) is 0. The summed E-state index contributed by atoms with van der Waals surface area (Å²) in [5, 5.41) is 3.07. The number of nitrogens with one attached hydrogen (secondary N) is 2. The van der Waals surface area contributed by atoms with E-state index in [9.17, 15) is 0 Å². The summed E-state index contributed by atoms with van der Waals surface area (Å²) < 4.78 is 0. The molecule has 5 heteroatoms. The molecule has 0 saturated heterocycles. The SMILES string of the molecule is Cc1ccnc(NCc2ncc[nH]2)n1. The van der Waals surface area contributed by atoms with Crippen molar-refractivity contribution in [2.75, 3.05) is 5.32 Å². The van der Waals surface area contributed by atoms with Crippen LogP contribution in [-0.2, 0) is 6.54 Å². The van der Waals surface area contributed by atoms with Gasteiger partial charge in [0.25, 0.3) is 0 Å². The Morgan fingerprint density at radius 2 is 2.29 bits per heavy atom. The average molecular weight is 189 g/mol. The lowest BCUT2D eigenvalue weighted by Crippen LogP contribution is -2.04. The molecule has 2 rings (SSSR count). The molecule has 72 valence electrons. The number of H-pyrrole nitrogens is 1. The van der Waals surface area contributed by atoms with E-state index in [1.54, 1.807) is 18.6 Å². The van der Waals surface area contributed by atoms with Crippen molar-refractivity contribution in [2.45, 2.75) is 13.5 Å². The normalized spacial score (nSPS) is 10.1. The van der Waals surface area contributed by atoms with E-state index in [1.165, 1.54) is 0 Å². The molecule has 2 heterocycles. The smallest absolute Gasteiger partial charge is 0.223 e. The summed E-state index contributed by atoms with van der Waals surface area (Å²) in [4.78, 5) is 15.4. The lowest BCUT2D eigenvalue weighted by atomic mass is 10.5. The van der Waals surface area contributed by atoms with Gasteiger partial charge >= 0.3 is 0 Å². The van der Waals surface area contributed by atoms with Gasteiger partial charge in [0, 0.05) is 24.3 Å². The quantitative estimate of drug-likeness (QED) is 0.759. The average Bonchev–Trinajstić information content (AvgIpc) is 2.67. The highest BCUT2D eigenvalue weighted by atomic mass is 15.1. The zero-order valence-electron chi connectivity index (χ0n) is 7.86. The largest absolute Gasteiger partial charge is 0.347 e. The van der Waals surface area contributed by atoms with Crippen molar-refractivity contribution < 1.29 is 0 Å². The van der Waals surface area contributed by atoms with Gasteiger partial charge in [-0.25, -0.2) is 15.0 Å². The van der Waals surface area contributed by atoms with Crippen LogP contribution in [0, 0.1) is 6.92 Å². The fourth-order valence-corrected chi connectivity index (χ4v) is 1.09. The third-order valence-corrected chi connectivity index (χ3v) is 1.76. The third-order valence-electron chi connectivity index (χ3n) is 1.76. The molecule has 5 nitrogen and oxygen atoms in total. The first kappa shape index (κ1) is 8.68. The molecular weight excluding hydrogens is 178 g/mol. The van der Waals surface area contributed by atoms with Crippen molar-refractivity contribution in [3.8, 4) is 0 Å². The van der Waals surface area contributed by atoms with Gasteiger partial charge in [-0.05, 0) is 13.0 Å². The molecule has 2 aromatic rings. The lowest BCUT2D eigenvalue weighted by Gasteiger charge is -2.02. The summed E-state index contributed by atoms with van der Waals surface area (Å²) in [6, 6.07) is 1.86. The van der Waals surface area contributed by atoms with E-state index in [0.29, 0.717) is 12.5 Å². The van der Waals surface area contributed by atoms with E-state index in [1.807, 2.05) is 13.0 Å². The molecule has 0 aromatic carbocycles. The number of imidazole rings is 1. The van der Waals surface area contributed by atoms with Crippen LogP contribution in [-0.4, -0.2) is 19.9 Å². The molecule has 0 spiro atoms. The van der Waals surface area contributed by atoms with Crippen LogP contribution in [0.15, 0.2) is 24.7 Å². The van der Waals surface area contributed by atoms with Gasteiger partial charge in [0.1, 0.15) is 5.82 Å². The molecule has 0 atom stereocenters. The molecule has 0 aliphatic rings. The predicted molar refractivity (Wildman–Crippen MR) is 52.7 cm³/mol. The highest BCUT2D eigenvalue weighted by molar-refractivity contribution is 5.24. The second-order valence-corrected chi connectivity index (χ2v) is 2.91. The number of rotatable bonds is 3.